The highest BCUT2D eigenvalue weighted by Gasteiger charge is 2.20. The van der Waals surface area contributed by atoms with Gasteiger partial charge < -0.3 is 5.73 Å². The Morgan fingerprint density at radius 1 is 1.28 bits per heavy atom. The first kappa shape index (κ1) is 17.3. The molecule has 0 saturated heterocycles. The van der Waals surface area contributed by atoms with Crippen molar-refractivity contribution in [3.05, 3.63) is 41.8 Å². The number of halogens is 1. The third-order valence-corrected chi connectivity index (χ3v) is 5.38. The predicted molar refractivity (Wildman–Crippen MR) is 95.9 cm³/mol. The molecule has 0 bridgehead atoms. The maximum Gasteiger partial charge on any atom is 0.318 e. The topological polar surface area (TPSA) is 98.0 Å². The lowest BCUT2D eigenvalue weighted by Crippen LogP contribution is -2.39. The van der Waals surface area contributed by atoms with Crippen LogP contribution in [0.5, 0.6) is 0 Å². The maximum atomic E-state index is 13.2. The van der Waals surface area contributed by atoms with E-state index in [2.05, 4.69) is 15.3 Å². The zero-order valence-electron chi connectivity index (χ0n) is 13.0. The normalized spacial score (nSPS) is 12.1. The number of nitrogens with zero attached hydrogens (tertiary/aromatic N) is 2. The highest BCUT2D eigenvalue weighted by atomic mass is 32.2. The summed E-state index contributed by atoms with van der Waals surface area (Å²) in [7, 11) is 0. The van der Waals surface area contributed by atoms with Crippen LogP contribution in [0.15, 0.2) is 41.0 Å². The number of hydrogen-bond donors (Lipinski definition) is 2. The number of thioether (sulfide) groups is 1. The third-order valence-electron chi connectivity index (χ3n) is 3.39. The van der Waals surface area contributed by atoms with Crippen molar-refractivity contribution in [1.82, 2.24) is 15.3 Å². The average Bonchev–Trinajstić information content (AvgIpc) is 3.00. The summed E-state index contributed by atoms with van der Waals surface area (Å²) in [4.78, 5) is 32.0. The minimum Gasteiger partial charge on any atom is -0.351 e. The monoisotopic (exact) mass is 376 g/mol. The van der Waals surface area contributed by atoms with E-state index in [0.29, 0.717) is 5.03 Å². The molecule has 0 spiro atoms. The molecule has 0 aliphatic rings. The number of nitrogens with one attached hydrogen (secondary N) is 1. The van der Waals surface area contributed by atoms with E-state index < -0.39 is 17.2 Å². The molecule has 2 heterocycles. The van der Waals surface area contributed by atoms with Crippen LogP contribution in [0, 0.1) is 5.82 Å². The Morgan fingerprint density at radius 2 is 2.00 bits per heavy atom. The van der Waals surface area contributed by atoms with Gasteiger partial charge in [0, 0.05) is 10.9 Å². The Balaban J connectivity index is 1.98. The standard InChI is InChI=1S/C16H13FN4O2S2/c1-8(13(22)21-16(18)23)25-15-12-11(6-24-14(12)19-7-20-15)9-2-4-10(17)5-3-9/h2-8H,1H3,(H3,18,21,22,23). The van der Waals surface area contributed by atoms with Gasteiger partial charge in [-0.25, -0.2) is 19.2 Å². The molecule has 0 saturated carbocycles. The predicted octanol–water partition coefficient (Wildman–Crippen LogP) is 3.17. The average molecular weight is 376 g/mol. The van der Waals surface area contributed by atoms with Gasteiger partial charge in [-0.05, 0) is 24.6 Å². The lowest BCUT2D eigenvalue weighted by atomic mass is 10.1. The van der Waals surface area contributed by atoms with Crippen LogP contribution in [0.1, 0.15) is 6.92 Å². The number of carbonyl (C=O) groups excluding carboxylic acids is 2. The molecule has 3 aromatic rings. The molecule has 3 N–H and O–H groups in total. The van der Waals surface area contributed by atoms with Crippen LogP contribution < -0.4 is 11.1 Å². The summed E-state index contributed by atoms with van der Waals surface area (Å²) in [5.74, 6) is -0.811. The molecule has 0 aliphatic heterocycles. The Hall–Kier alpha value is -2.52. The molecule has 0 fully saturated rings. The van der Waals surface area contributed by atoms with E-state index in [1.807, 2.05) is 5.38 Å². The van der Waals surface area contributed by atoms with E-state index in [1.54, 1.807) is 19.1 Å². The van der Waals surface area contributed by atoms with Gasteiger partial charge in [0.15, 0.2) is 0 Å². The van der Waals surface area contributed by atoms with Crippen molar-refractivity contribution < 1.29 is 14.0 Å². The second-order valence-corrected chi connectivity index (χ2v) is 7.32. The molecule has 128 valence electrons. The Morgan fingerprint density at radius 3 is 2.68 bits per heavy atom. The van der Waals surface area contributed by atoms with Gasteiger partial charge in [0.25, 0.3) is 0 Å². The fourth-order valence-electron chi connectivity index (χ4n) is 2.22. The van der Waals surface area contributed by atoms with E-state index in [-0.39, 0.29) is 5.82 Å². The Bertz CT molecular complexity index is 943. The lowest BCUT2D eigenvalue weighted by molar-refractivity contribution is -0.119. The number of thiophene rings is 1. The zero-order chi connectivity index (χ0) is 18.0. The second-order valence-electron chi connectivity index (χ2n) is 5.13. The number of primary amides is 1. The first-order valence-corrected chi connectivity index (χ1v) is 8.96. The summed E-state index contributed by atoms with van der Waals surface area (Å²) in [5, 5.41) is 4.80. The van der Waals surface area contributed by atoms with Crippen molar-refractivity contribution in [2.75, 3.05) is 0 Å². The van der Waals surface area contributed by atoms with E-state index in [0.717, 1.165) is 21.3 Å². The minimum atomic E-state index is -0.896. The molecule has 9 heteroatoms. The SMILES string of the molecule is CC(Sc1ncnc2scc(-c3ccc(F)cc3)c12)C(=O)NC(N)=O. The molecular formula is C16H13FN4O2S2. The highest BCUT2D eigenvalue weighted by Crippen LogP contribution is 2.38. The van der Waals surface area contributed by atoms with Crippen LogP contribution in [0.25, 0.3) is 21.3 Å². The van der Waals surface area contributed by atoms with E-state index in [9.17, 15) is 14.0 Å². The molecule has 2 aromatic heterocycles. The molecule has 0 radical (unpaired) electrons. The van der Waals surface area contributed by atoms with Crippen LogP contribution in [0.4, 0.5) is 9.18 Å². The highest BCUT2D eigenvalue weighted by molar-refractivity contribution is 8.00. The summed E-state index contributed by atoms with van der Waals surface area (Å²) >= 11 is 2.64. The van der Waals surface area contributed by atoms with Crippen molar-refractivity contribution in [3.63, 3.8) is 0 Å². The van der Waals surface area contributed by atoms with E-state index >= 15 is 0 Å². The van der Waals surface area contributed by atoms with Crippen molar-refractivity contribution in [1.29, 1.82) is 0 Å². The number of benzene rings is 1. The summed E-state index contributed by atoms with van der Waals surface area (Å²) in [5.41, 5.74) is 6.67. The van der Waals surface area contributed by atoms with E-state index in [1.165, 1.54) is 41.6 Å². The van der Waals surface area contributed by atoms with Crippen LogP contribution >= 0.6 is 23.1 Å². The van der Waals surface area contributed by atoms with Gasteiger partial charge in [0.05, 0.1) is 10.6 Å². The van der Waals surface area contributed by atoms with Crippen LogP contribution in [0.2, 0.25) is 0 Å². The van der Waals surface area contributed by atoms with Crippen molar-refractivity contribution in [3.8, 4) is 11.1 Å². The number of nitrogens with two attached hydrogens (primary N) is 1. The van der Waals surface area contributed by atoms with Gasteiger partial charge >= 0.3 is 6.03 Å². The van der Waals surface area contributed by atoms with Gasteiger partial charge in [-0.15, -0.1) is 11.3 Å². The summed E-state index contributed by atoms with van der Waals surface area (Å²) < 4.78 is 13.2. The molecule has 1 aromatic carbocycles. The molecule has 1 atom stereocenters. The Labute approximate surface area is 150 Å². The molecule has 1 unspecified atom stereocenters. The molecule has 3 amide bonds. The maximum absolute atomic E-state index is 13.2. The van der Waals surface area contributed by atoms with Gasteiger partial charge in [0.2, 0.25) is 5.91 Å². The lowest BCUT2D eigenvalue weighted by Gasteiger charge is -2.11. The summed E-state index contributed by atoms with van der Waals surface area (Å²) in [6.45, 7) is 1.65. The van der Waals surface area contributed by atoms with Gasteiger partial charge in [-0.3, -0.25) is 10.1 Å². The van der Waals surface area contributed by atoms with Crippen molar-refractivity contribution in [2.24, 2.45) is 5.73 Å². The molecule has 6 nitrogen and oxygen atoms in total. The van der Waals surface area contributed by atoms with Crippen LogP contribution in [0.3, 0.4) is 0 Å². The zero-order valence-corrected chi connectivity index (χ0v) is 14.7. The third kappa shape index (κ3) is 3.77. The molecule has 25 heavy (non-hydrogen) atoms. The van der Waals surface area contributed by atoms with Gasteiger partial charge in [-0.1, -0.05) is 23.9 Å². The van der Waals surface area contributed by atoms with Gasteiger partial charge in [-0.2, -0.15) is 0 Å². The second kappa shape index (κ2) is 7.16. The van der Waals surface area contributed by atoms with Crippen molar-refractivity contribution in [2.45, 2.75) is 17.2 Å². The fraction of sp³-hybridized carbons (Fsp3) is 0.125. The van der Waals surface area contributed by atoms with Crippen LogP contribution in [-0.4, -0.2) is 27.2 Å². The number of aromatic nitrogens is 2. The van der Waals surface area contributed by atoms with Gasteiger partial charge in [0.1, 0.15) is 22.0 Å². The van der Waals surface area contributed by atoms with Crippen LogP contribution in [-0.2, 0) is 4.79 Å². The van der Waals surface area contributed by atoms with Crippen molar-refractivity contribution >= 4 is 45.3 Å². The summed E-state index contributed by atoms with van der Waals surface area (Å²) in [6.07, 6.45) is 1.42. The number of fused-ring (bicyclic) bond motifs is 1. The first-order chi connectivity index (χ1) is 12.0. The number of imide groups is 1. The number of carbonyl (C=O) groups is 2. The molecular weight excluding hydrogens is 363 g/mol. The number of hydrogen-bond acceptors (Lipinski definition) is 6. The number of amides is 3. The number of urea groups is 1. The fourth-order valence-corrected chi connectivity index (χ4v) is 4.14. The Kier molecular flexibility index (Phi) is 4.95. The smallest absolute Gasteiger partial charge is 0.318 e. The molecule has 0 aliphatic carbocycles. The minimum absolute atomic E-state index is 0.314. The first-order valence-electron chi connectivity index (χ1n) is 7.21. The largest absolute Gasteiger partial charge is 0.351 e. The molecule has 3 rings (SSSR count). The number of rotatable bonds is 4. The quantitative estimate of drug-likeness (QED) is 0.538. The van der Waals surface area contributed by atoms with E-state index in [4.69, 9.17) is 5.73 Å². The summed E-state index contributed by atoms with van der Waals surface area (Å²) in [6, 6.07) is 5.24.